The van der Waals surface area contributed by atoms with E-state index >= 15 is 0 Å². The van der Waals surface area contributed by atoms with Gasteiger partial charge in [-0.3, -0.25) is 19.3 Å². The molecule has 0 aliphatic carbocycles. The van der Waals surface area contributed by atoms with Crippen molar-refractivity contribution in [2.75, 3.05) is 33.3 Å². The molecule has 1 fully saturated rings. The van der Waals surface area contributed by atoms with Gasteiger partial charge in [-0.25, -0.2) is 0 Å². The minimum absolute atomic E-state index is 0.00898. The molecule has 2 aromatic carbocycles. The first-order valence-corrected chi connectivity index (χ1v) is 13.8. The SMILES string of the molecule is CO[C@H](C)CNCC(O)CNC(=O)[C@@H](Cc1ccc2ccccc2c1)N(C(=O)[C@@H]1CCCN1)C(=O)C(C)(C)C. The number of aliphatic hydroxyl groups is 1. The number of carbonyl (C=O) groups excluding carboxylic acids is 3. The van der Waals surface area contributed by atoms with E-state index in [1.807, 2.05) is 49.4 Å². The van der Waals surface area contributed by atoms with Crippen molar-refractivity contribution in [1.82, 2.24) is 20.9 Å². The number of methoxy groups -OCH3 is 1. The predicted octanol–water partition coefficient (Wildman–Crippen LogP) is 2.01. The van der Waals surface area contributed by atoms with E-state index in [2.05, 4.69) is 16.0 Å². The Hall–Kier alpha value is -2.85. The molecule has 1 saturated heterocycles. The first-order chi connectivity index (χ1) is 18.5. The molecule has 0 aromatic heterocycles. The molecule has 4 atom stereocenters. The van der Waals surface area contributed by atoms with Gasteiger partial charge >= 0.3 is 0 Å². The molecule has 1 aliphatic heterocycles. The molecule has 1 heterocycles. The van der Waals surface area contributed by atoms with Crippen LogP contribution in [0.5, 0.6) is 0 Å². The molecule has 1 aliphatic rings. The number of amides is 3. The Labute approximate surface area is 231 Å². The fourth-order valence-electron chi connectivity index (χ4n) is 4.65. The van der Waals surface area contributed by atoms with Gasteiger partial charge < -0.3 is 25.8 Å². The molecular formula is C30H44N4O5. The number of aliphatic hydroxyl groups excluding tert-OH is 1. The van der Waals surface area contributed by atoms with Crippen LogP contribution in [-0.4, -0.2) is 85.3 Å². The third-order valence-corrected chi connectivity index (χ3v) is 7.04. The molecule has 39 heavy (non-hydrogen) atoms. The van der Waals surface area contributed by atoms with Crippen molar-refractivity contribution in [2.45, 2.75) is 71.2 Å². The Morgan fingerprint density at radius 1 is 1.10 bits per heavy atom. The van der Waals surface area contributed by atoms with Crippen molar-refractivity contribution in [3.8, 4) is 0 Å². The molecule has 0 saturated carbocycles. The van der Waals surface area contributed by atoms with E-state index in [1.165, 1.54) is 4.90 Å². The van der Waals surface area contributed by atoms with E-state index in [1.54, 1.807) is 27.9 Å². The number of fused-ring (bicyclic) bond motifs is 1. The van der Waals surface area contributed by atoms with Crippen LogP contribution in [0.3, 0.4) is 0 Å². The average molecular weight is 541 g/mol. The number of hydrogen-bond donors (Lipinski definition) is 4. The van der Waals surface area contributed by atoms with Gasteiger partial charge in [-0.1, -0.05) is 63.2 Å². The maximum absolute atomic E-state index is 13.7. The van der Waals surface area contributed by atoms with Crippen molar-refractivity contribution < 1.29 is 24.2 Å². The number of nitrogens with zero attached hydrogens (tertiary/aromatic N) is 1. The van der Waals surface area contributed by atoms with Gasteiger partial charge in [-0.2, -0.15) is 0 Å². The summed E-state index contributed by atoms with van der Waals surface area (Å²) in [5.74, 6) is -1.27. The topological polar surface area (TPSA) is 120 Å². The number of nitrogens with one attached hydrogen (secondary N) is 3. The maximum Gasteiger partial charge on any atom is 0.247 e. The number of ether oxygens (including phenoxy) is 1. The lowest BCUT2D eigenvalue weighted by atomic mass is 9.91. The summed E-state index contributed by atoms with van der Waals surface area (Å²) in [7, 11) is 1.62. The summed E-state index contributed by atoms with van der Waals surface area (Å²) >= 11 is 0. The van der Waals surface area contributed by atoms with Crippen molar-refractivity contribution >= 4 is 28.5 Å². The van der Waals surface area contributed by atoms with E-state index in [0.717, 1.165) is 22.8 Å². The van der Waals surface area contributed by atoms with Gasteiger partial charge in [0.1, 0.15) is 6.04 Å². The Kier molecular flexibility index (Phi) is 11.0. The zero-order valence-corrected chi connectivity index (χ0v) is 23.8. The van der Waals surface area contributed by atoms with E-state index in [4.69, 9.17) is 4.74 Å². The van der Waals surface area contributed by atoms with Crippen LogP contribution < -0.4 is 16.0 Å². The highest BCUT2D eigenvalue weighted by molar-refractivity contribution is 6.04. The summed E-state index contributed by atoms with van der Waals surface area (Å²) in [6.45, 7) is 8.65. The van der Waals surface area contributed by atoms with Gasteiger partial charge in [0.05, 0.1) is 18.2 Å². The highest BCUT2D eigenvalue weighted by Gasteiger charge is 2.42. The first-order valence-electron chi connectivity index (χ1n) is 13.8. The summed E-state index contributed by atoms with van der Waals surface area (Å²) in [5.41, 5.74) is -0.0407. The first kappa shape index (κ1) is 30.7. The van der Waals surface area contributed by atoms with E-state index < -0.39 is 35.4 Å². The highest BCUT2D eigenvalue weighted by atomic mass is 16.5. The molecule has 9 heteroatoms. The third-order valence-electron chi connectivity index (χ3n) is 7.04. The van der Waals surface area contributed by atoms with Crippen LogP contribution in [0.4, 0.5) is 0 Å². The van der Waals surface area contributed by atoms with Gasteiger partial charge in [-0.15, -0.1) is 0 Å². The Morgan fingerprint density at radius 3 is 2.46 bits per heavy atom. The summed E-state index contributed by atoms with van der Waals surface area (Å²) in [5, 5.41) is 21.6. The molecule has 214 valence electrons. The number of benzene rings is 2. The summed E-state index contributed by atoms with van der Waals surface area (Å²) in [6.07, 6.45) is 0.748. The molecule has 4 N–H and O–H groups in total. The molecular weight excluding hydrogens is 496 g/mol. The lowest BCUT2D eigenvalue weighted by Crippen LogP contribution is -2.60. The highest BCUT2D eigenvalue weighted by Crippen LogP contribution is 2.25. The zero-order valence-electron chi connectivity index (χ0n) is 23.8. The normalized spacial score (nSPS) is 17.9. The molecule has 3 rings (SSSR count). The molecule has 0 spiro atoms. The van der Waals surface area contributed by atoms with Crippen LogP contribution in [0.25, 0.3) is 10.8 Å². The van der Waals surface area contributed by atoms with Gasteiger partial charge in [0.15, 0.2) is 0 Å². The molecule has 0 bridgehead atoms. The van der Waals surface area contributed by atoms with Crippen LogP contribution in [-0.2, 0) is 25.5 Å². The van der Waals surface area contributed by atoms with Crippen LogP contribution in [0.2, 0.25) is 0 Å². The second kappa shape index (κ2) is 14.0. The Morgan fingerprint density at radius 2 is 1.82 bits per heavy atom. The summed E-state index contributed by atoms with van der Waals surface area (Å²) in [4.78, 5) is 42.3. The molecule has 9 nitrogen and oxygen atoms in total. The average Bonchev–Trinajstić information content (AvgIpc) is 3.45. The number of carbonyl (C=O) groups is 3. The fourth-order valence-corrected chi connectivity index (χ4v) is 4.65. The smallest absolute Gasteiger partial charge is 0.247 e. The number of imide groups is 1. The number of hydrogen-bond acceptors (Lipinski definition) is 7. The molecule has 0 radical (unpaired) electrons. The lowest BCUT2D eigenvalue weighted by Gasteiger charge is -2.35. The van der Waals surface area contributed by atoms with Crippen LogP contribution >= 0.6 is 0 Å². The van der Waals surface area contributed by atoms with E-state index in [0.29, 0.717) is 19.5 Å². The quantitative estimate of drug-likeness (QED) is 0.325. The predicted molar refractivity (Wildman–Crippen MR) is 152 cm³/mol. The number of rotatable bonds is 12. The second-order valence-electron chi connectivity index (χ2n) is 11.4. The molecule has 3 amide bonds. The van der Waals surface area contributed by atoms with Crippen molar-refractivity contribution in [3.05, 3.63) is 48.0 Å². The Bertz CT molecular complexity index is 1130. The lowest BCUT2D eigenvalue weighted by molar-refractivity contribution is -0.157. The van der Waals surface area contributed by atoms with E-state index in [9.17, 15) is 19.5 Å². The molecule has 1 unspecified atom stereocenters. The van der Waals surface area contributed by atoms with Crippen molar-refractivity contribution in [2.24, 2.45) is 5.41 Å². The van der Waals surface area contributed by atoms with Gasteiger partial charge in [0.25, 0.3) is 0 Å². The molecule has 2 aromatic rings. The minimum Gasteiger partial charge on any atom is -0.390 e. The second-order valence-corrected chi connectivity index (χ2v) is 11.4. The van der Waals surface area contributed by atoms with Gasteiger partial charge in [0, 0.05) is 38.6 Å². The Balaban J connectivity index is 1.87. The minimum atomic E-state index is -1.07. The van der Waals surface area contributed by atoms with Crippen LogP contribution in [0, 0.1) is 5.41 Å². The maximum atomic E-state index is 13.7. The zero-order chi connectivity index (χ0) is 28.6. The third kappa shape index (κ3) is 8.57. The van der Waals surface area contributed by atoms with Crippen LogP contribution in [0.1, 0.15) is 46.1 Å². The fraction of sp³-hybridized carbons (Fsp3) is 0.567. The standard InChI is InChI=1S/C30H44N4O5/c1-20(39-5)17-31-18-24(35)19-33-27(36)26(16-21-12-13-22-9-6-7-10-23(22)15-21)34(29(38)30(2,3)4)28(37)25-11-8-14-32-25/h6-7,9-10,12-13,15,20,24-26,31-32,35H,8,11,14,16-19H2,1-5H3,(H,33,36)/t20-,24?,25+,26-/m1/s1. The summed E-state index contributed by atoms with van der Waals surface area (Å²) < 4.78 is 5.20. The van der Waals surface area contributed by atoms with Crippen LogP contribution in [0.15, 0.2) is 42.5 Å². The van der Waals surface area contributed by atoms with Crippen molar-refractivity contribution in [1.29, 1.82) is 0 Å². The largest absolute Gasteiger partial charge is 0.390 e. The van der Waals surface area contributed by atoms with Gasteiger partial charge in [0.2, 0.25) is 17.7 Å². The van der Waals surface area contributed by atoms with Crippen molar-refractivity contribution in [3.63, 3.8) is 0 Å². The van der Waals surface area contributed by atoms with E-state index in [-0.39, 0.29) is 31.5 Å². The monoisotopic (exact) mass is 540 g/mol. The van der Waals surface area contributed by atoms with Gasteiger partial charge in [-0.05, 0) is 42.6 Å². The summed E-state index contributed by atoms with van der Waals surface area (Å²) in [6, 6.07) is 12.2.